The molecule has 0 aromatic carbocycles. The van der Waals surface area contributed by atoms with E-state index in [1.807, 2.05) is 0 Å². The smallest absolute Gasteiger partial charge is 0.315 e. The second-order valence-corrected chi connectivity index (χ2v) is 2.41. The number of hydrogen-bond acceptors (Lipinski definition) is 2. The summed E-state index contributed by atoms with van der Waals surface area (Å²) >= 11 is 0. The van der Waals surface area contributed by atoms with Crippen molar-refractivity contribution in [1.29, 1.82) is 0 Å². The normalized spacial score (nSPS) is 20.9. The van der Waals surface area contributed by atoms with Gasteiger partial charge in [0.15, 0.2) is 0 Å². The number of carboxylic acids is 1. The molecule has 0 spiro atoms. The molecule has 0 unspecified atom stereocenters. The predicted molar refractivity (Wildman–Crippen MR) is 32.6 cm³/mol. The summed E-state index contributed by atoms with van der Waals surface area (Å²) < 4.78 is 0. The van der Waals surface area contributed by atoms with Crippen LogP contribution in [0.1, 0.15) is 12.8 Å². The zero-order chi connectivity index (χ0) is 7.07. The zero-order valence-corrected chi connectivity index (χ0v) is 5.05. The van der Waals surface area contributed by atoms with Crippen molar-refractivity contribution >= 4 is 5.97 Å². The Morgan fingerprint density at radius 1 is 1.67 bits per heavy atom. The Balaban J connectivity index is 2.75. The minimum absolute atomic E-state index is 0.287. The van der Waals surface area contributed by atoms with Crippen molar-refractivity contribution in [2.45, 2.75) is 12.8 Å². The second kappa shape index (κ2) is 1.50. The minimum Gasteiger partial charge on any atom is -0.481 e. The summed E-state index contributed by atoms with van der Waals surface area (Å²) in [5, 5.41) is 8.53. The monoisotopic (exact) mass is 127 g/mol. The van der Waals surface area contributed by atoms with E-state index in [4.69, 9.17) is 10.8 Å². The Morgan fingerprint density at radius 3 is 2.11 bits per heavy atom. The second-order valence-electron chi connectivity index (χ2n) is 2.41. The van der Waals surface area contributed by atoms with Crippen molar-refractivity contribution in [3.63, 3.8) is 0 Å². The third kappa shape index (κ3) is 0.686. The van der Waals surface area contributed by atoms with E-state index in [0.717, 1.165) is 0 Å². The highest BCUT2D eigenvalue weighted by Crippen LogP contribution is 2.49. The topological polar surface area (TPSA) is 63.3 Å². The molecule has 3 heteroatoms. The van der Waals surface area contributed by atoms with Gasteiger partial charge in [-0.25, -0.2) is 0 Å². The lowest BCUT2D eigenvalue weighted by Gasteiger charge is -2.06. The van der Waals surface area contributed by atoms with E-state index in [9.17, 15) is 4.79 Å². The Morgan fingerprint density at radius 2 is 2.11 bits per heavy atom. The largest absolute Gasteiger partial charge is 0.481 e. The molecule has 0 amide bonds. The van der Waals surface area contributed by atoms with E-state index in [0.29, 0.717) is 12.8 Å². The van der Waals surface area contributed by atoms with E-state index >= 15 is 0 Å². The third-order valence-corrected chi connectivity index (χ3v) is 1.77. The van der Waals surface area contributed by atoms with Crippen LogP contribution in [0, 0.1) is 5.41 Å². The highest BCUT2D eigenvalue weighted by atomic mass is 16.4. The molecule has 0 aliphatic heterocycles. The number of aliphatic carboxylic acids is 1. The standard InChI is InChI=1S/C6H9NO2/c1-4(7)6(2-3-6)5(8)9/h1-3,7H2,(H,8,9). The van der Waals surface area contributed by atoms with Gasteiger partial charge in [0.05, 0.1) is 0 Å². The first kappa shape index (κ1) is 6.13. The van der Waals surface area contributed by atoms with Gasteiger partial charge in [-0.3, -0.25) is 4.79 Å². The fourth-order valence-corrected chi connectivity index (χ4v) is 0.797. The van der Waals surface area contributed by atoms with Gasteiger partial charge in [0.1, 0.15) is 5.41 Å². The van der Waals surface area contributed by atoms with Crippen LogP contribution in [0.4, 0.5) is 0 Å². The van der Waals surface area contributed by atoms with E-state index in [2.05, 4.69) is 6.58 Å². The summed E-state index contributed by atoms with van der Waals surface area (Å²) in [4.78, 5) is 10.4. The van der Waals surface area contributed by atoms with Crippen molar-refractivity contribution in [1.82, 2.24) is 0 Å². The van der Waals surface area contributed by atoms with Crippen LogP contribution in [0.15, 0.2) is 12.3 Å². The number of carboxylic acid groups (broad SMARTS) is 1. The van der Waals surface area contributed by atoms with Crippen LogP contribution >= 0.6 is 0 Å². The van der Waals surface area contributed by atoms with Crippen LogP contribution in [0.5, 0.6) is 0 Å². The lowest BCUT2D eigenvalue weighted by Crippen LogP contribution is -2.21. The molecule has 0 saturated heterocycles. The van der Waals surface area contributed by atoms with Crippen molar-refractivity contribution in [3.8, 4) is 0 Å². The molecule has 1 aliphatic carbocycles. The maximum absolute atomic E-state index is 10.4. The molecule has 0 aromatic heterocycles. The molecule has 0 heterocycles. The first-order chi connectivity index (χ1) is 4.09. The molecule has 3 N–H and O–H groups in total. The fraction of sp³-hybridized carbons (Fsp3) is 0.500. The maximum atomic E-state index is 10.4. The molecule has 50 valence electrons. The van der Waals surface area contributed by atoms with Crippen molar-refractivity contribution < 1.29 is 9.90 Å². The number of carbonyl (C=O) groups is 1. The van der Waals surface area contributed by atoms with E-state index < -0.39 is 11.4 Å². The molecular formula is C6H9NO2. The zero-order valence-electron chi connectivity index (χ0n) is 5.05. The number of hydrogen-bond donors (Lipinski definition) is 2. The van der Waals surface area contributed by atoms with Gasteiger partial charge < -0.3 is 10.8 Å². The molecule has 0 aromatic rings. The molecule has 1 fully saturated rings. The van der Waals surface area contributed by atoms with Crippen LogP contribution in [0.25, 0.3) is 0 Å². The molecule has 1 aliphatic rings. The van der Waals surface area contributed by atoms with Gasteiger partial charge in [-0.1, -0.05) is 6.58 Å². The molecule has 0 radical (unpaired) electrons. The van der Waals surface area contributed by atoms with Gasteiger partial charge in [0.2, 0.25) is 0 Å². The summed E-state index contributed by atoms with van der Waals surface area (Å²) in [6, 6.07) is 0. The van der Waals surface area contributed by atoms with Crippen LogP contribution in [0.2, 0.25) is 0 Å². The van der Waals surface area contributed by atoms with E-state index in [-0.39, 0.29) is 5.70 Å². The van der Waals surface area contributed by atoms with Crippen LogP contribution in [-0.2, 0) is 4.79 Å². The average Bonchev–Trinajstić information content (AvgIpc) is 2.40. The highest BCUT2D eigenvalue weighted by Gasteiger charge is 2.51. The third-order valence-electron chi connectivity index (χ3n) is 1.77. The molecular weight excluding hydrogens is 118 g/mol. The maximum Gasteiger partial charge on any atom is 0.315 e. The fourth-order valence-electron chi connectivity index (χ4n) is 0.797. The summed E-state index contributed by atoms with van der Waals surface area (Å²) in [6.07, 6.45) is 1.30. The predicted octanol–water partition coefficient (Wildman–Crippen LogP) is 0.324. The van der Waals surface area contributed by atoms with Crippen molar-refractivity contribution in [2.24, 2.45) is 11.1 Å². The van der Waals surface area contributed by atoms with Gasteiger partial charge in [0, 0.05) is 5.70 Å². The quantitative estimate of drug-likeness (QED) is 0.561. The first-order valence-corrected chi connectivity index (χ1v) is 2.78. The van der Waals surface area contributed by atoms with Gasteiger partial charge >= 0.3 is 5.97 Å². The Hall–Kier alpha value is -0.990. The van der Waals surface area contributed by atoms with Gasteiger partial charge in [-0.05, 0) is 12.8 Å². The lowest BCUT2D eigenvalue weighted by molar-refractivity contribution is -0.141. The molecule has 0 atom stereocenters. The molecule has 1 saturated carbocycles. The van der Waals surface area contributed by atoms with Crippen LogP contribution in [-0.4, -0.2) is 11.1 Å². The Bertz CT molecular complexity index is 154. The number of rotatable bonds is 2. The number of nitrogens with two attached hydrogens (primary N) is 1. The summed E-state index contributed by atoms with van der Waals surface area (Å²) in [5.74, 6) is -0.838. The summed E-state index contributed by atoms with van der Waals surface area (Å²) in [5.41, 5.74) is 4.80. The van der Waals surface area contributed by atoms with Gasteiger partial charge in [0.25, 0.3) is 0 Å². The van der Waals surface area contributed by atoms with E-state index in [1.165, 1.54) is 0 Å². The van der Waals surface area contributed by atoms with E-state index in [1.54, 1.807) is 0 Å². The van der Waals surface area contributed by atoms with Crippen LogP contribution in [0.3, 0.4) is 0 Å². The highest BCUT2D eigenvalue weighted by molar-refractivity contribution is 5.81. The first-order valence-electron chi connectivity index (χ1n) is 2.78. The summed E-state index contributed by atoms with van der Waals surface area (Å²) in [7, 11) is 0. The minimum atomic E-state index is -0.838. The summed E-state index contributed by atoms with van der Waals surface area (Å²) in [6.45, 7) is 3.41. The molecule has 0 bridgehead atoms. The lowest BCUT2D eigenvalue weighted by atomic mass is 10.1. The van der Waals surface area contributed by atoms with Crippen LogP contribution < -0.4 is 5.73 Å². The molecule has 3 nitrogen and oxygen atoms in total. The SMILES string of the molecule is C=C(N)C1(C(=O)O)CC1. The van der Waals surface area contributed by atoms with Gasteiger partial charge in [-0.15, -0.1) is 0 Å². The van der Waals surface area contributed by atoms with Crippen molar-refractivity contribution in [2.75, 3.05) is 0 Å². The molecule has 9 heavy (non-hydrogen) atoms. The Labute approximate surface area is 53.2 Å². The van der Waals surface area contributed by atoms with Crippen molar-refractivity contribution in [3.05, 3.63) is 12.3 Å². The molecule has 1 rings (SSSR count). The Kier molecular flexibility index (Phi) is 1.02. The average molecular weight is 127 g/mol. The van der Waals surface area contributed by atoms with Gasteiger partial charge in [-0.2, -0.15) is 0 Å².